The Labute approximate surface area is 104 Å². The SMILES string of the molecule is CC(C)(O)CNc1cc(C(N)=O)ccc1[N+](=O)[O-]. The van der Waals surface area contributed by atoms with Crippen LogP contribution in [0.15, 0.2) is 18.2 Å². The van der Waals surface area contributed by atoms with Gasteiger partial charge in [-0.2, -0.15) is 0 Å². The molecule has 18 heavy (non-hydrogen) atoms. The number of aliphatic hydroxyl groups is 1. The quantitative estimate of drug-likeness (QED) is 0.531. The van der Waals surface area contributed by atoms with Gasteiger partial charge in [0.15, 0.2) is 0 Å². The van der Waals surface area contributed by atoms with Crippen LogP contribution in [0.2, 0.25) is 0 Å². The number of hydrogen-bond acceptors (Lipinski definition) is 5. The molecule has 0 radical (unpaired) electrons. The Balaban J connectivity index is 3.08. The summed E-state index contributed by atoms with van der Waals surface area (Å²) in [6.45, 7) is 3.23. The zero-order valence-electron chi connectivity index (χ0n) is 10.1. The monoisotopic (exact) mass is 253 g/mol. The molecule has 0 bridgehead atoms. The lowest BCUT2D eigenvalue weighted by atomic mass is 10.1. The largest absolute Gasteiger partial charge is 0.389 e. The van der Waals surface area contributed by atoms with Crippen LogP contribution in [0, 0.1) is 10.1 Å². The normalized spacial score (nSPS) is 11.1. The van der Waals surface area contributed by atoms with Crippen molar-refractivity contribution in [1.29, 1.82) is 0 Å². The van der Waals surface area contributed by atoms with Crippen molar-refractivity contribution in [3.63, 3.8) is 0 Å². The van der Waals surface area contributed by atoms with Crippen molar-refractivity contribution in [2.24, 2.45) is 5.73 Å². The van der Waals surface area contributed by atoms with Crippen LogP contribution in [-0.2, 0) is 0 Å². The average Bonchev–Trinajstić information content (AvgIpc) is 2.24. The molecule has 0 aliphatic rings. The number of nitro groups is 1. The highest BCUT2D eigenvalue weighted by atomic mass is 16.6. The molecule has 0 unspecified atom stereocenters. The minimum atomic E-state index is -1.03. The molecule has 0 spiro atoms. The van der Waals surface area contributed by atoms with E-state index in [1.54, 1.807) is 13.8 Å². The number of rotatable bonds is 5. The number of hydrogen-bond donors (Lipinski definition) is 3. The first-order chi connectivity index (χ1) is 8.20. The number of carbonyl (C=O) groups is 1. The zero-order chi connectivity index (χ0) is 13.9. The maximum Gasteiger partial charge on any atom is 0.292 e. The molecule has 1 aromatic carbocycles. The van der Waals surface area contributed by atoms with Crippen LogP contribution in [0.3, 0.4) is 0 Å². The van der Waals surface area contributed by atoms with Gasteiger partial charge in [-0.15, -0.1) is 0 Å². The molecule has 0 atom stereocenters. The van der Waals surface area contributed by atoms with Crippen LogP contribution in [0.25, 0.3) is 0 Å². The van der Waals surface area contributed by atoms with E-state index in [0.29, 0.717) is 0 Å². The van der Waals surface area contributed by atoms with E-state index in [1.165, 1.54) is 18.2 Å². The Morgan fingerprint density at radius 2 is 2.17 bits per heavy atom. The lowest BCUT2D eigenvalue weighted by molar-refractivity contribution is -0.384. The first-order valence-electron chi connectivity index (χ1n) is 5.25. The van der Waals surface area contributed by atoms with Gasteiger partial charge in [0.05, 0.1) is 10.5 Å². The molecule has 1 amide bonds. The highest BCUT2D eigenvalue weighted by Crippen LogP contribution is 2.25. The number of primary amides is 1. The molecule has 0 aliphatic carbocycles. The molecule has 0 fully saturated rings. The highest BCUT2D eigenvalue weighted by Gasteiger charge is 2.18. The summed E-state index contributed by atoms with van der Waals surface area (Å²) in [5.41, 5.74) is 4.21. The molecule has 0 aromatic heterocycles. The Kier molecular flexibility index (Phi) is 3.87. The van der Waals surface area contributed by atoms with Crippen LogP contribution >= 0.6 is 0 Å². The summed E-state index contributed by atoms with van der Waals surface area (Å²) >= 11 is 0. The third-order valence-corrected chi connectivity index (χ3v) is 2.19. The van der Waals surface area contributed by atoms with Gasteiger partial charge in [0.25, 0.3) is 5.69 Å². The number of nitro benzene ring substituents is 1. The maximum absolute atomic E-state index is 11.0. The van der Waals surface area contributed by atoms with Gasteiger partial charge >= 0.3 is 0 Å². The summed E-state index contributed by atoms with van der Waals surface area (Å²) in [4.78, 5) is 21.3. The van der Waals surface area contributed by atoms with Crippen LogP contribution < -0.4 is 11.1 Å². The molecule has 0 saturated heterocycles. The maximum atomic E-state index is 11.0. The molecule has 7 heteroatoms. The Bertz CT molecular complexity index is 480. The number of carbonyl (C=O) groups excluding carboxylic acids is 1. The minimum Gasteiger partial charge on any atom is -0.389 e. The van der Waals surface area contributed by atoms with E-state index in [0.717, 1.165) is 0 Å². The number of anilines is 1. The average molecular weight is 253 g/mol. The molecule has 0 aliphatic heterocycles. The molecule has 4 N–H and O–H groups in total. The van der Waals surface area contributed by atoms with E-state index in [1.807, 2.05) is 0 Å². The highest BCUT2D eigenvalue weighted by molar-refractivity contribution is 5.94. The third-order valence-electron chi connectivity index (χ3n) is 2.19. The second-order valence-corrected chi connectivity index (χ2v) is 4.52. The second-order valence-electron chi connectivity index (χ2n) is 4.52. The Hall–Kier alpha value is -2.15. The zero-order valence-corrected chi connectivity index (χ0v) is 10.1. The van der Waals surface area contributed by atoms with Crippen molar-refractivity contribution >= 4 is 17.3 Å². The number of nitrogens with two attached hydrogens (primary N) is 1. The second kappa shape index (κ2) is 5.01. The molecule has 0 saturated carbocycles. The number of benzene rings is 1. The van der Waals surface area contributed by atoms with Gasteiger partial charge in [-0.05, 0) is 26.0 Å². The van der Waals surface area contributed by atoms with E-state index in [9.17, 15) is 20.0 Å². The van der Waals surface area contributed by atoms with Gasteiger partial charge in [0.1, 0.15) is 5.69 Å². The predicted molar refractivity (Wildman–Crippen MR) is 66.4 cm³/mol. The Morgan fingerprint density at radius 1 is 1.56 bits per heavy atom. The Morgan fingerprint density at radius 3 is 2.61 bits per heavy atom. The number of nitrogens with one attached hydrogen (secondary N) is 1. The lowest BCUT2D eigenvalue weighted by Gasteiger charge is -2.18. The molecule has 98 valence electrons. The van der Waals surface area contributed by atoms with Crippen molar-refractivity contribution in [2.45, 2.75) is 19.4 Å². The smallest absolute Gasteiger partial charge is 0.292 e. The minimum absolute atomic E-state index is 0.107. The number of nitrogens with zero attached hydrogens (tertiary/aromatic N) is 1. The summed E-state index contributed by atoms with van der Waals surface area (Å²) < 4.78 is 0. The summed E-state index contributed by atoms with van der Waals surface area (Å²) in [6.07, 6.45) is 0. The van der Waals surface area contributed by atoms with Gasteiger partial charge in [-0.25, -0.2) is 0 Å². The van der Waals surface area contributed by atoms with Gasteiger partial charge in [0, 0.05) is 18.2 Å². The van der Waals surface area contributed by atoms with Gasteiger partial charge in [-0.3, -0.25) is 14.9 Å². The van der Waals surface area contributed by atoms with E-state index in [2.05, 4.69) is 5.32 Å². The first kappa shape index (κ1) is 13.9. The third kappa shape index (κ3) is 3.70. The van der Waals surface area contributed by atoms with Gasteiger partial charge in [0.2, 0.25) is 5.91 Å². The first-order valence-corrected chi connectivity index (χ1v) is 5.25. The molecule has 0 heterocycles. The van der Waals surface area contributed by atoms with Crippen LogP contribution in [-0.4, -0.2) is 28.1 Å². The van der Waals surface area contributed by atoms with Crippen molar-refractivity contribution in [2.75, 3.05) is 11.9 Å². The van der Waals surface area contributed by atoms with Crippen molar-refractivity contribution in [1.82, 2.24) is 0 Å². The molecule has 1 aromatic rings. The standard InChI is InChI=1S/C11H15N3O4/c1-11(2,16)6-13-8-5-7(10(12)15)3-4-9(8)14(17)18/h3-5,13,16H,6H2,1-2H3,(H2,12,15). The lowest BCUT2D eigenvalue weighted by Crippen LogP contribution is -2.29. The topological polar surface area (TPSA) is 118 Å². The molecular formula is C11H15N3O4. The summed E-state index contributed by atoms with van der Waals surface area (Å²) in [5.74, 6) is -0.670. The van der Waals surface area contributed by atoms with E-state index in [4.69, 9.17) is 5.73 Å². The summed E-state index contributed by atoms with van der Waals surface area (Å²) in [6, 6.07) is 3.79. The van der Waals surface area contributed by atoms with Crippen LogP contribution in [0.5, 0.6) is 0 Å². The van der Waals surface area contributed by atoms with E-state index < -0.39 is 16.4 Å². The molecule has 7 nitrogen and oxygen atoms in total. The van der Waals surface area contributed by atoms with Crippen molar-refractivity contribution in [3.8, 4) is 0 Å². The number of amides is 1. The van der Waals surface area contributed by atoms with Crippen molar-refractivity contribution < 1.29 is 14.8 Å². The van der Waals surface area contributed by atoms with Crippen molar-refractivity contribution in [3.05, 3.63) is 33.9 Å². The summed E-state index contributed by atoms with van der Waals surface area (Å²) in [7, 11) is 0. The summed E-state index contributed by atoms with van der Waals surface area (Å²) in [5, 5.41) is 23.1. The van der Waals surface area contributed by atoms with Gasteiger partial charge in [-0.1, -0.05) is 0 Å². The molecular weight excluding hydrogens is 238 g/mol. The van der Waals surface area contributed by atoms with Crippen LogP contribution in [0.4, 0.5) is 11.4 Å². The molecule has 1 rings (SSSR count). The van der Waals surface area contributed by atoms with Crippen LogP contribution in [0.1, 0.15) is 24.2 Å². The van der Waals surface area contributed by atoms with E-state index >= 15 is 0 Å². The van der Waals surface area contributed by atoms with E-state index in [-0.39, 0.29) is 23.5 Å². The van der Waals surface area contributed by atoms with Gasteiger partial charge < -0.3 is 16.2 Å². The fraction of sp³-hybridized carbons (Fsp3) is 0.364. The predicted octanol–water partition coefficient (Wildman–Crippen LogP) is 0.876. The fourth-order valence-electron chi connectivity index (χ4n) is 1.30. The fourth-order valence-corrected chi connectivity index (χ4v) is 1.30.